The SMILES string of the molecule is COCCCC1CC(=O)[C@@]2(C)CC[C@@H]3c4ccc(OC)cc4CC[C@H]3[C@H]12. The summed E-state index contributed by atoms with van der Waals surface area (Å²) in [5.41, 5.74) is 2.91. The van der Waals surface area contributed by atoms with Gasteiger partial charge in [0.25, 0.3) is 0 Å². The van der Waals surface area contributed by atoms with Crippen molar-refractivity contribution in [1.82, 2.24) is 0 Å². The molecule has 4 rings (SSSR count). The first-order chi connectivity index (χ1) is 12.6. The zero-order chi connectivity index (χ0) is 18.3. The molecule has 1 unspecified atom stereocenters. The summed E-state index contributed by atoms with van der Waals surface area (Å²) in [7, 11) is 3.51. The zero-order valence-electron chi connectivity index (χ0n) is 16.4. The fraction of sp³-hybridized carbons (Fsp3) is 0.696. The van der Waals surface area contributed by atoms with Gasteiger partial charge < -0.3 is 9.47 Å². The Bertz CT molecular complexity index is 682. The summed E-state index contributed by atoms with van der Waals surface area (Å²) in [5, 5.41) is 0. The number of ketones is 1. The Morgan fingerprint density at radius 3 is 2.85 bits per heavy atom. The maximum absolute atomic E-state index is 12.9. The topological polar surface area (TPSA) is 35.5 Å². The van der Waals surface area contributed by atoms with E-state index < -0.39 is 0 Å². The quantitative estimate of drug-likeness (QED) is 0.713. The Kier molecular flexibility index (Phi) is 4.85. The second-order valence-electron chi connectivity index (χ2n) is 8.88. The molecule has 26 heavy (non-hydrogen) atoms. The summed E-state index contributed by atoms with van der Waals surface area (Å²) in [5.74, 6) is 3.89. The third-order valence-electron chi connectivity index (χ3n) is 7.70. The van der Waals surface area contributed by atoms with E-state index in [0.29, 0.717) is 29.5 Å². The van der Waals surface area contributed by atoms with Gasteiger partial charge in [-0.25, -0.2) is 0 Å². The number of carbonyl (C=O) groups is 1. The lowest BCUT2D eigenvalue weighted by Crippen LogP contribution is -2.44. The zero-order valence-corrected chi connectivity index (χ0v) is 16.4. The van der Waals surface area contributed by atoms with E-state index in [1.807, 2.05) is 0 Å². The third-order valence-corrected chi connectivity index (χ3v) is 7.70. The maximum atomic E-state index is 12.9. The number of methoxy groups -OCH3 is 2. The number of ether oxygens (including phenoxy) is 2. The van der Waals surface area contributed by atoms with Crippen molar-refractivity contribution < 1.29 is 14.3 Å². The molecule has 0 heterocycles. The highest BCUT2D eigenvalue weighted by molar-refractivity contribution is 5.87. The van der Waals surface area contributed by atoms with Gasteiger partial charge >= 0.3 is 0 Å². The van der Waals surface area contributed by atoms with Crippen LogP contribution in [0.25, 0.3) is 0 Å². The van der Waals surface area contributed by atoms with Crippen LogP contribution in [0, 0.1) is 23.2 Å². The number of hydrogen-bond donors (Lipinski definition) is 0. The number of aryl methyl sites for hydroxylation is 1. The number of Topliss-reactive ketones (excluding diaryl/α,β-unsaturated/α-hetero) is 1. The van der Waals surface area contributed by atoms with Gasteiger partial charge in [0, 0.05) is 25.6 Å². The van der Waals surface area contributed by atoms with Gasteiger partial charge in [-0.15, -0.1) is 0 Å². The number of rotatable bonds is 5. The highest BCUT2D eigenvalue weighted by Gasteiger charge is 2.58. The molecule has 0 aromatic heterocycles. The molecule has 3 aliphatic carbocycles. The summed E-state index contributed by atoms with van der Waals surface area (Å²) in [6.45, 7) is 3.08. The van der Waals surface area contributed by atoms with Crippen molar-refractivity contribution in [3.63, 3.8) is 0 Å². The molecule has 0 saturated heterocycles. The summed E-state index contributed by atoms with van der Waals surface area (Å²) in [4.78, 5) is 12.9. The average molecular weight is 357 g/mol. The molecule has 0 aliphatic heterocycles. The van der Waals surface area contributed by atoms with E-state index >= 15 is 0 Å². The van der Waals surface area contributed by atoms with Crippen LogP contribution < -0.4 is 4.74 Å². The van der Waals surface area contributed by atoms with Crippen molar-refractivity contribution in [3.8, 4) is 5.75 Å². The molecule has 0 radical (unpaired) electrons. The average Bonchev–Trinajstić information content (AvgIpc) is 2.91. The van der Waals surface area contributed by atoms with Crippen molar-refractivity contribution in [2.75, 3.05) is 20.8 Å². The molecule has 3 aliphatic rings. The molecule has 0 amide bonds. The number of fused-ring (bicyclic) bond motifs is 5. The predicted octanol–water partition coefficient (Wildman–Crippen LogP) is 4.77. The Balaban J connectivity index is 1.62. The van der Waals surface area contributed by atoms with Gasteiger partial charge in [-0.1, -0.05) is 13.0 Å². The van der Waals surface area contributed by atoms with Gasteiger partial charge in [0.1, 0.15) is 11.5 Å². The molecular weight excluding hydrogens is 324 g/mol. The number of benzene rings is 1. The summed E-state index contributed by atoms with van der Waals surface area (Å²) in [6.07, 6.45) is 7.57. The van der Waals surface area contributed by atoms with Crippen LogP contribution in [0.2, 0.25) is 0 Å². The van der Waals surface area contributed by atoms with E-state index in [0.717, 1.165) is 50.9 Å². The molecule has 0 spiro atoms. The first kappa shape index (κ1) is 18.0. The van der Waals surface area contributed by atoms with Crippen LogP contribution in [0.1, 0.15) is 62.5 Å². The fourth-order valence-corrected chi connectivity index (χ4v) is 6.50. The molecule has 2 fully saturated rings. The highest BCUT2D eigenvalue weighted by atomic mass is 16.5. The Morgan fingerprint density at radius 2 is 2.08 bits per heavy atom. The second kappa shape index (κ2) is 6.99. The van der Waals surface area contributed by atoms with Crippen LogP contribution in [-0.2, 0) is 16.0 Å². The first-order valence-electron chi connectivity index (χ1n) is 10.3. The van der Waals surface area contributed by atoms with E-state index in [-0.39, 0.29) is 5.41 Å². The van der Waals surface area contributed by atoms with Gasteiger partial charge in [-0.3, -0.25) is 4.79 Å². The molecule has 0 N–H and O–H groups in total. The molecule has 5 atom stereocenters. The highest BCUT2D eigenvalue weighted by Crippen LogP contribution is 2.62. The van der Waals surface area contributed by atoms with E-state index in [1.54, 1.807) is 14.2 Å². The molecule has 142 valence electrons. The first-order valence-corrected chi connectivity index (χ1v) is 10.3. The van der Waals surface area contributed by atoms with E-state index in [9.17, 15) is 4.79 Å². The lowest BCUT2D eigenvalue weighted by Gasteiger charge is -2.50. The van der Waals surface area contributed by atoms with Gasteiger partial charge in [-0.2, -0.15) is 0 Å². The monoisotopic (exact) mass is 356 g/mol. The summed E-state index contributed by atoms with van der Waals surface area (Å²) < 4.78 is 10.7. The van der Waals surface area contributed by atoms with Crippen molar-refractivity contribution in [2.24, 2.45) is 23.2 Å². The van der Waals surface area contributed by atoms with Crippen molar-refractivity contribution in [2.45, 2.75) is 57.8 Å². The molecular formula is C23H32O3. The van der Waals surface area contributed by atoms with Crippen LogP contribution in [0.3, 0.4) is 0 Å². The molecule has 1 aromatic carbocycles. The predicted molar refractivity (Wildman–Crippen MR) is 103 cm³/mol. The van der Waals surface area contributed by atoms with Gasteiger partial charge in [-0.05, 0) is 85.5 Å². The fourth-order valence-electron chi connectivity index (χ4n) is 6.50. The van der Waals surface area contributed by atoms with Gasteiger partial charge in [0.05, 0.1) is 7.11 Å². The van der Waals surface area contributed by atoms with Gasteiger partial charge in [0.2, 0.25) is 0 Å². The van der Waals surface area contributed by atoms with Crippen LogP contribution in [0.5, 0.6) is 5.75 Å². The Labute approximate surface area is 157 Å². The van der Waals surface area contributed by atoms with E-state index in [4.69, 9.17) is 9.47 Å². The smallest absolute Gasteiger partial charge is 0.139 e. The lowest BCUT2D eigenvalue weighted by molar-refractivity contribution is -0.129. The van der Waals surface area contributed by atoms with E-state index in [1.165, 1.54) is 17.5 Å². The molecule has 3 nitrogen and oxygen atoms in total. The van der Waals surface area contributed by atoms with Gasteiger partial charge in [0.15, 0.2) is 0 Å². The van der Waals surface area contributed by atoms with Crippen molar-refractivity contribution in [1.29, 1.82) is 0 Å². The molecule has 0 bridgehead atoms. The molecule has 2 saturated carbocycles. The summed E-state index contributed by atoms with van der Waals surface area (Å²) >= 11 is 0. The summed E-state index contributed by atoms with van der Waals surface area (Å²) in [6, 6.07) is 6.64. The lowest BCUT2D eigenvalue weighted by atomic mass is 9.54. The van der Waals surface area contributed by atoms with Crippen LogP contribution >= 0.6 is 0 Å². The van der Waals surface area contributed by atoms with Crippen LogP contribution in [0.4, 0.5) is 0 Å². The second-order valence-corrected chi connectivity index (χ2v) is 8.88. The Morgan fingerprint density at radius 1 is 1.23 bits per heavy atom. The standard InChI is InChI=1S/C23H32O3/c1-23-11-10-19-18-9-7-17(26-3)13-15(18)6-8-20(19)22(23)16(14-21(23)24)5-4-12-25-2/h7,9,13,16,19-20,22H,4-6,8,10-12,14H2,1-3H3/t16?,19-,20-,22+,23-/m1/s1. The minimum Gasteiger partial charge on any atom is -0.497 e. The van der Waals surface area contributed by atoms with Crippen molar-refractivity contribution in [3.05, 3.63) is 29.3 Å². The maximum Gasteiger partial charge on any atom is 0.139 e. The number of hydrogen-bond acceptors (Lipinski definition) is 3. The Hall–Kier alpha value is -1.35. The minimum absolute atomic E-state index is 0.0805. The largest absolute Gasteiger partial charge is 0.497 e. The molecule has 1 aromatic rings. The minimum atomic E-state index is -0.0805. The third kappa shape index (κ3) is 2.79. The van der Waals surface area contributed by atoms with Crippen molar-refractivity contribution >= 4 is 5.78 Å². The van der Waals surface area contributed by atoms with Crippen LogP contribution in [-0.4, -0.2) is 26.6 Å². The molecule has 3 heteroatoms. The van der Waals surface area contributed by atoms with Crippen LogP contribution in [0.15, 0.2) is 18.2 Å². The van der Waals surface area contributed by atoms with E-state index in [2.05, 4.69) is 25.1 Å². The normalized spacial score (nSPS) is 35.6. The number of carbonyl (C=O) groups excluding carboxylic acids is 1.